The van der Waals surface area contributed by atoms with Crippen molar-refractivity contribution < 1.29 is 17.9 Å². The normalized spacial score (nSPS) is 11.2. The second-order valence-corrected chi connectivity index (χ2v) is 4.21. The Bertz CT molecular complexity index is 599. The third kappa shape index (κ3) is 4.27. The molecule has 2 rings (SSSR count). The lowest BCUT2D eigenvalue weighted by Gasteiger charge is -2.11. The van der Waals surface area contributed by atoms with Gasteiger partial charge in [0.05, 0.1) is 0 Å². The number of nitrogens with one attached hydrogen (secondary N) is 1. The van der Waals surface area contributed by atoms with Crippen LogP contribution in [-0.4, -0.2) is 16.3 Å². The van der Waals surface area contributed by atoms with Gasteiger partial charge in [-0.3, -0.25) is 0 Å². The van der Waals surface area contributed by atoms with Crippen molar-refractivity contribution >= 4 is 23.1 Å². The third-order valence-electron chi connectivity index (χ3n) is 2.15. The molecule has 1 heterocycles. The topological polar surface area (TPSA) is 47.0 Å². The van der Waals surface area contributed by atoms with Crippen LogP contribution < -0.4 is 10.1 Å². The number of aryl methyl sites for hydroxylation is 1. The molecule has 0 amide bonds. The molecule has 0 saturated carbocycles. The van der Waals surface area contributed by atoms with Gasteiger partial charge in [0.25, 0.3) is 0 Å². The average Bonchev–Trinajstić information content (AvgIpc) is 2.25. The largest absolute Gasteiger partial charge is 0.573 e. The highest BCUT2D eigenvalue weighted by atomic mass is 35.5. The molecule has 106 valence electrons. The summed E-state index contributed by atoms with van der Waals surface area (Å²) in [5.41, 5.74) is 0.390. The summed E-state index contributed by atoms with van der Waals surface area (Å²) < 4.78 is 40.2. The second kappa shape index (κ2) is 5.54. The highest BCUT2D eigenvalue weighted by Crippen LogP contribution is 2.26. The van der Waals surface area contributed by atoms with Gasteiger partial charge in [0.15, 0.2) is 0 Å². The molecule has 1 aromatic carbocycles. The molecular weight excluding hydrogens is 295 g/mol. The molecule has 4 nitrogen and oxygen atoms in total. The summed E-state index contributed by atoms with van der Waals surface area (Å²) in [5.74, 6) is 0.508. The van der Waals surface area contributed by atoms with Crippen LogP contribution in [0.1, 0.15) is 5.82 Å². The zero-order chi connectivity index (χ0) is 14.8. The first-order valence-corrected chi connectivity index (χ1v) is 5.84. The van der Waals surface area contributed by atoms with Crippen molar-refractivity contribution in [3.63, 3.8) is 0 Å². The molecule has 0 spiro atoms. The smallest absolute Gasteiger partial charge is 0.406 e. The van der Waals surface area contributed by atoms with Crippen molar-refractivity contribution in [2.24, 2.45) is 0 Å². The Hall–Kier alpha value is -2.02. The highest BCUT2D eigenvalue weighted by Gasteiger charge is 2.31. The molecule has 0 atom stereocenters. The summed E-state index contributed by atoms with van der Waals surface area (Å²) in [7, 11) is 0. The van der Waals surface area contributed by atoms with Gasteiger partial charge in [-0.1, -0.05) is 17.7 Å². The van der Waals surface area contributed by atoms with E-state index in [0.29, 0.717) is 17.3 Å². The number of aromatic nitrogens is 2. The van der Waals surface area contributed by atoms with E-state index >= 15 is 0 Å². The van der Waals surface area contributed by atoms with E-state index in [1.165, 1.54) is 24.3 Å². The van der Waals surface area contributed by atoms with Gasteiger partial charge in [0, 0.05) is 17.8 Å². The zero-order valence-corrected chi connectivity index (χ0v) is 11.0. The molecule has 1 N–H and O–H groups in total. The number of rotatable bonds is 3. The second-order valence-electron chi connectivity index (χ2n) is 3.82. The van der Waals surface area contributed by atoms with Crippen LogP contribution in [-0.2, 0) is 0 Å². The van der Waals surface area contributed by atoms with Gasteiger partial charge in [-0.25, -0.2) is 9.97 Å². The SMILES string of the molecule is Cc1nc(Cl)cc(Nc2cccc(OC(F)(F)F)c2)n1. The Balaban J connectivity index is 2.19. The summed E-state index contributed by atoms with van der Waals surface area (Å²) in [5, 5.41) is 3.07. The van der Waals surface area contributed by atoms with E-state index in [0.717, 1.165) is 0 Å². The Morgan fingerprint density at radius 1 is 1.20 bits per heavy atom. The number of hydrogen-bond donors (Lipinski definition) is 1. The summed E-state index contributed by atoms with van der Waals surface area (Å²) in [6.07, 6.45) is -4.73. The van der Waals surface area contributed by atoms with Crippen LogP contribution in [0, 0.1) is 6.92 Å². The van der Waals surface area contributed by atoms with Crippen LogP contribution in [0.15, 0.2) is 30.3 Å². The lowest BCUT2D eigenvalue weighted by atomic mass is 10.3. The lowest BCUT2D eigenvalue weighted by molar-refractivity contribution is -0.274. The van der Waals surface area contributed by atoms with Gasteiger partial charge in [-0.05, 0) is 19.1 Å². The third-order valence-corrected chi connectivity index (χ3v) is 2.34. The maximum absolute atomic E-state index is 12.1. The molecule has 0 bridgehead atoms. The maximum Gasteiger partial charge on any atom is 0.573 e. The molecule has 2 aromatic rings. The van der Waals surface area contributed by atoms with Crippen molar-refractivity contribution in [3.05, 3.63) is 41.3 Å². The molecule has 8 heteroatoms. The predicted molar refractivity (Wildman–Crippen MR) is 68.2 cm³/mol. The van der Waals surface area contributed by atoms with E-state index in [1.54, 1.807) is 13.0 Å². The Kier molecular flexibility index (Phi) is 3.99. The van der Waals surface area contributed by atoms with Crippen molar-refractivity contribution in [1.29, 1.82) is 0 Å². The number of alkyl halides is 3. The van der Waals surface area contributed by atoms with Crippen LogP contribution in [0.25, 0.3) is 0 Å². The molecule has 0 saturated heterocycles. The average molecular weight is 304 g/mol. The standard InChI is InChI=1S/C12H9ClF3N3O/c1-7-17-10(13)6-11(18-7)19-8-3-2-4-9(5-8)20-12(14,15)16/h2-6H,1H3,(H,17,18,19). The van der Waals surface area contributed by atoms with E-state index in [1.807, 2.05) is 0 Å². The van der Waals surface area contributed by atoms with Crippen LogP contribution >= 0.6 is 11.6 Å². The van der Waals surface area contributed by atoms with Gasteiger partial charge in [-0.15, -0.1) is 13.2 Å². The van der Waals surface area contributed by atoms with Gasteiger partial charge in [0.2, 0.25) is 0 Å². The van der Waals surface area contributed by atoms with Crippen LogP contribution in [0.4, 0.5) is 24.7 Å². The van der Waals surface area contributed by atoms with Crippen LogP contribution in [0.5, 0.6) is 5.75 Å². The number of hydrogen-bond acceptors (Lipinski definition) is 4. The quantitative estimate of drug-likeness (QED) is 0.868. The minimum absolute atomic E-state index is 0.239. The zero-order valence-electron chi connectivity index (χ0n) is 10.2. The minimum atomic E-state index is -4.73. The first-order chi connectivity index (χ1) is 9.32. The lowest BCUT2D eigenvalue weighted by Crippen LogP contribution is -2.17. The molecule has 0 aliphatic heterocycles. The summed E-state index contributed by atoms with van der Waals surface area (Å²) in [6.45, 7) is 1.65. The molecular formula is C12H9ClF3N3O. The fourth-order valence-electron chi connectivity index (χ4n) is 1.51. The summed E-state index contributed by atoms with van der Waals surface area (Å²) in [4.78, 5) is 7.95. The molecule has 0 unspecified atom stereocenters. The molecule has 0 radical (unpaired) electrons. The number of halogens is 4. The molecule has 1 aromatic heterocycles. The maximum atomic E-state index is 12.1. The molecule has 20 heavy (non-hydrogen) atoms. The van der Waals surface area contributed by atoms with Gasteiger partial charge in [0.1, 0.15) is 22.5 Å². The number of benzene rings is 1. The number of anilines is 2. The fraction of sp³-hybridized carbons (Fsp3) is 0.167. The van der Waals surface area contributed by atoms with Crippen LogP contribution in [0.3, 0.4) is 0 Å². The molecule has 0 aliphatic rings. The molecule has 0 aliphatic carbocycles. The van der Waals surface area contributed by atoms with Gasteiger partial charge < -0.3 is 10.1 Å². The monoisotopic (exact) mass is 303 g/mol. The number of nitrogens with zero attached hydrogens (tertiary/aromatic N) is 2. The highest BCUT2D eigenvalue weighted by molar-refractivity contribution is 6.29. The van der Waals surface area contributed by atoms with Crippen molar-refractivity contribution in [3.8, 4) is 5.75 Å². The minimum Gasteiger partial charge on any atom is -0.406 e. The first kappa shape index (κ1) is 14.4. The van der Waals surface area contributed by atoms with E-state index < -0.39 is 6.36 Å². The number of ether oxygens (including phenoxy) is 1. The van der Waals surface area contributed by atoms with Crippen molar-refractivity contribution in [2.75, 3.05) is 5.32 Å². The first-order valence-electron chi connectivity index (χ1n) is 5.46. The summed E-state index contributed by atoms with van der Waals surface area (Å²) >= 11 is 5.77. The van der Waals surface area contributed by atoms with E-state index in [-0.39, 0.29) is 10.9 Å². The van der Waals surface area contributed by atoms with E-state index in [2.05, 4.69) is 20.0 Å². The van der Waals surface area contributed by atoms with Gasteiger partial charge in [-0.2, -0.15) is 0 Å². The van der Waals surface area contributed by atoms with E-state index in [4.69, 9.17) is 11.6 Å². The Morgan fingerprint density at radius 3 is 2.60 bits per heavy atom. The Labute approximate surface area is 117 Å². The molecule has 0 fully saturated rings. The Morgan fingerprint density at radius 2 is 1.95 bits per heavy atom. The van der Waals surface area contributed by atoms with E-state index in [9.17, 15) is 13.2 Å². The van der Waals surface area contributed by atoms with Crippen molar-refractivity contribution in [1.82, 2.24) is 9.97 Å². The van der Waals surface area contributed by atoms with Crippen LogP contribution in [0.2, 0.25) is 5.15 Å². The summed E-state index contributed by atoms with van der Waals surface area (Å²) in [6, 6.07) is 6.88. The van der Waals surface area contributed by atoms with Gasteiger partial charge >= 0.3 is 6.36 Å². The predicted octanol–water partition coefficient (Wildman–Crippen LogP) is 4.08. The van der Waals surface area contributed by atoms with Crippen molar-refractivity contribution in [2.45, 2.75) is 13.3 Å². The fourth-order valence-corrected chi connectivity index (χ4v) is 1.74.